The van der Waals surface area contributed by atoms with Gasteiger partial charge in [-0.1, -0.05) is 27.7 Å². The predicted molar refractivity (Wildman–Crippen MR) is 103 cm³/mol. The van der Waals surface area contributed by atoms with E-state index in [1.54, 1.807) is 0 Å². The van der Waals surface area contributed by atoms with E-state index in [1.807, 2.05) is 0 Å². The van der Waals surface area contributed by atoms with Crippen LogP contribution in [0.4, 0.5) is 0 Å². The van der Waals surface area contributed by atoms with Gasteiger partial charge in [-0.25, -0.2) is 0 Å². The van der Waals surface area contributed by atoms with Gasteiger partial charge in [-0.15, -0.1) is 0 Å². The number of fused-ring (bicyclic) bond motifs is 2. The predicted octanol–water partition coefficient (Wildman–Crippen LogP) is 4.52. The number of esters is 1. The van der Waals surface area contributed by atoms with Gasteiger partial charge in [0.25, 0.3) is 0 Å². The Morgan fingerprint density at radius 1 is 1.24 bits per heavy atom. The third kappa shape index (κ3) is 5.07. The van der Waals surface area contributed by atoms with Crippen molar-refractivity contribution in [1.29, 1.82) is 0 Å². The first-order valence-electron chi connectivity index (χ1n) is 9.92. The second-order valence-electron chi connectivity index (χ2n) is 10.1. The van der Waals surface area contributed by atoms with Gasteiger partial charge in [0.05, 0.1) is 12.7 Å². The molecular weight excluding hydrogens is 332 g/mol. The minimum atomic E-state index is -1.68. The van der Waals surface area contributed by atoms with Crippen molar-refractivity contribution >= 4 is 14.3 Å². The van der Waals surface area contributed by atoms with E-state index in [0.717, 1.165) is 38.7 Å². The highest BCUT2D eigenvalue weighted by atomic mass is 28.4. The molecule has 2 aliphatic rings. The molecule has 2 aliphatic carbocycles. The van der Waals surface area contributed by atoms with Crippen LogP contribution in [0.1, 0.15) is 66.2 Å². The van der Waals surface area contributed by atoms with Gasteiger partial charge < -0.3 is 14.3 Å². The standard InChI is InChI=1S/C20H38O4Si/c1-19(2,3)25(5,6)24-10-8-7-9-18(22)23-14-20(4)13-15-11-16(20)17(21)12-15/h15-17,21H,7-14H2,1-6H3/t15-,16+,17+,20-/m0/s1. The van der Waals surface area contributed by atoms with Crippen molar-refractivity contribution in [2.75, 3.05) is 13.2 Å². The molecule has 0 aliphatic heterocycles. The number of carbonyl (C=O) groups is 1. The molecule has 2 rings (SSSR count). The largest absolute Gasteiger partial charge is 0.465 e. The molecule has 0 saturated heterocycles. The van der Waals surface area contributed by atoms with Crippen LogP contribution in [0.3, 0.4) is 0 Å². The fourth-order valence-electron chi connectivity index (χ4n) is 4.24. The number of carbonyl (C=O) groups excluding carboxylic acids is 1. The maximum atomic E-state index is 12.0. The van der Waals surface area contributed by atoms with E-state index in [9.17, 15) is 9.90 Å². The highest BCUT2D eigenvalue weighted by molar-refractivity contribution is 6.74. The van der Waals surface area contributed by atoms with Gasteiger partial charge in [-0.2, -0.15) is 0 Å². The van der Waals surface area contributed by atoms with Crippen LogP contribution < -0.4 is 0 Å². The van der Waals surface area contributed by atoms with Crippen molar-refractivity contribution in [1.82, 2.24) is 0 Å². The van der Waals surface area contributed by atoms with Crippen LogP contribution in [0.15, 0.2) is 0 Å². The topological polar surface area (TPSA) is 55.8 Å². The highest BCUT2D eigenvalue weighted by Gasteiger charge is 2.53. The van der Waals surface area contributed by atoms with Gasteiger partial charge in [0, 0.05) is 18.4 Å². The quantitative estimate of drug-likeness (QED) is 0.388. The molecule has 0 radical (unpaired) electrons. The summed E-state index contributed by atoms with van der Waals surface area (Å²) in [6, 6.07) is 0. The lowest BCUT2D eigenvalue weighted by Crippen LogP contribution is -2.40. The fourth-order valence-corrected chi connectivity index (χ4v) is 5.33. The van der Waals surface area contributed by atoms with E-state index >= 15 is 0 Å². The average molecular weight is 371 g/mol. The maximum Gasteiger partial charge on any atom is 0.305 e. The molecule has 146 valence electrons. The molecule has 5 heteroatoms. The Bertz CT molecular complexity index is 471. The van der Waals surface area contributed by atoms with Crippen LogP contribution >= 0.6 is 0 Å². The zero-order valence-electron chi connectivity index (χ0n) is 17.1. The first-order valence-corrected chi connectivity index (χ1v) is 12.8. The Hall–Kier alpha value is -0.393. The number of aliphatic hydroxyl groups is 1. The first-order chi connectivity index (χ1) is 11.4. The Labute approximate surface area is 154 Å². The number of hydrogen-bond acceptors (Lipinski definition) is 4. The van der Waals surface area contributed by atoms with Gasteiger partial charge in [0.2, 0.25) is 0 Å². The maximum absolute atomic E-state index is 12.0. The third-order valence-corrected chi connectivity index (χ3v) is 11.4. The van der Waals surface area contributed by atoms with E-state index in [2.05, 4.69) is 40.8 Å². The molecule has 0 spiro atoms. The molecule has 0 aromatic carbocycles. The lowest BCUT2D eigenvalue weighted by Gasteiger charge is -2.36. The normalized spacial score (nSPS) is 32.2. The van der Waals surface area contributed by atoms with Crippen LogP contribution in [0, 0.1) is 17.3 Å². The molecule has 1 N–H and O–H groups in total. The monoisotopic (exact) mass is 370 g/mol. The molecule has 4 atom stereocenters. The highest BCUT2D eigenvalue weighted by Crippen LogP contribution is 2.55. The van der Waals surface area contributed by atoms with Gasteiger partial charge in [-0.05, 0) is 62.1 Å². The Morgan fingerprint density at radius 3 is 2.48 bits per heavy atom. The van der Waals surface area contributed by atoms with Gasteiger partial charge in [0.15, 0.2) is 8.32 Å². The molecule has 2 bridgehead atoms. The van der Waals surface area contributed by atoms with Crippen molar-refractivity contribution in [2.24, 2.45) is 17.3 Å². The molecule has 4 nitrogen and oxygen atoms in total. The molecule has 0 aromatic heterocycles. The van der Waals surface area contributed by atoms with Crippen molar-refractivity contribution in [3.8, 4) is 0 Å². The molecule has 0 unspecified atom stereocenters. The Kier molecular flexibility index (Phi) is 6.43. The van der Waals surface area contributed by atoms with E-state index in [-0.39, 0.29) is 22.5 Å². The van der Waals surface area contributed by atoms with E-state index < -0.39 is 8.32 Å². The van der Waals surface area contributed by atoms with Crippen molar-refractivity contribution in [3.05, 3.63) is 0 Å². The van der Waals surface area contributed by atoms with E-state index in [0.29, 0.717) is 24.9 Å². The van der Waals surface area contributed by atoms with E-state index in [4.69, 9.17) is 9.16 Å². The number of aliphatic hydroxyl groups excluding tert-OH is 1. The minimum absolute atomic E-state index is 0.0244. The number of rotatable bonds is 8. The van der Waals surface area contributed by atoms with Crippen LogP contribution in [0.2, 0.25) is 18.1 Å². The molecule has 0 amide bonds. The molecule has 2 fully saturated rings. The third-order valence-electron chi connectivity index (χ3n) is 6.88. The summed E-state index contributed by atoms with van der Waals surface area (Å²) < 4.78 is 11.7. The van der Waals surface area contributed by atoms with Crippen LogP contribution in [0.5, 0.6) is 0 Å². The fraction of sp³-hybridized carbons (Fsp3) is 0.950. The summed E-state index contributed by atoms with van der Waals surface area (Å²) >= 11 is 0. The summed E-state index contributed by atoms with van der Waals surface area (Å²) in [5.74, 6) is 0.824. The summed E-state index contributed by atoms with van der Waals surface area (Å²) in [5, 5.41) is 10.3. The zero-order chi connectivity index (χ0) is 18.9. The summed E-state index contributed by atoms with van der Waals surface area (Å²) in [5.41, 5.74) is -0.0244. The molecule has 0 aromatic rings. The van der Waals surface area contributed by atoms with Crippen molar-refractivity contribution in [2.45, 2.75) is 90.5 Å². The number of ether oxygens (including phenoxy) is 1. The smallest absolute Gasteiger partial charge is 0.305 e. The zero-order valence-corrected chi connectivity index (χ0v) is 18.1. The SMILES string of the molecule is CC(C)(C)[Si](C)(C)OCCCCC(=O)OC[C@]1(C)C[C@@H]2C[C@@H](O)[C@H]1C2. The van der Waals surface area contributed by atoms with E-state index in [1.165, 1.54) is 0 Å². The second kappa shape index (κ2) is 7.69. The molecule has 2 saturated carbocycles. The molecule has 0 heterocycles. The summed E-state index contributed by atoms with van der Waals surface area (Å²) in [4.78, 5) is 12.0. The second-order valence-corrected chi connectivity index (χ2v) is 14.9. The van der Waals surface area contributed by atoms with Crippen LogP contribution in [0.25, 0.3) is 0 Å². The summed E-state index contributed by atoms with van der Waals surface area (Å²) in [6.07, 6.45) is 5.11. The summed E-state index contributed by atoms with van der Waals surface area (Å²) in [7, 11) is -1.68. The number of hydrogen-bond donors (Lipinski definition) is 1. The van der Waals surface area contributed by atoms with Crippen molar-refractivity contribution in [3.63, 3.8) is 0 Å². The first kappa shape index (κ1) is 20.9. The lowest BCUT2D eigenvalue weighted by molar-refractivity contribution is -0.149. The summed E-state index contributed by atoms with van der Waals surface area (Å²) in [6.45, 7) is 14.6. The number of unbranched alkanes of at least 4 members (excludes halogenated alkanes) is 1. The Morgan fingerprint density at radius 2 is 1.92 bits per heavy atom. The van der Waals surface area contributed by atoms with Gasteiger partial charge in [-0.3, -0.25) is 4.79 Å². The van der Waals surface area contributed by atoms with Gasteiger partial charge >= 0.3 is 5.97 Å². The Balaban J connectivity index is 1.61. The average Bonchev–Trinajstić information content (AvgIpc) is 2.99. The van der Waals surface area contributed by atoms with Crippen LogP contribution in [-0.2, 0) is 14.0 Å². The lowest BCUT2D eigenvalue weighted by atomic mass is 9.74. The molecule has 25 heavy (non-hydrogen) atoms. The molecular formula is C20H38O4Si. The van der Waals surface area contributed by atoms with Crippen molar-refractivity contribution < 1.29 is 19.1 Å². The minimum Gasteiger partial charge on any atom is -0.465 e. The van der Waals surface area contributed by atoms with Gasteiger partial charge in [0.1, 0.15) is 0 Å². The van der Waals surface area contributed by atoms with Crippen LogP contribution in [-0.4, -0.2) is 38.7 Å².